The molecule has 1 heterocycles. The minimum Gasteiger partial charge on any atom is -0.456 e. The van der Waals surface area contributed by atoms with Crippen LogP contribution in [0.2, 0.25) is 0 Å². The van der Waals surface area contributed by atoms with Crippen molar-refractivity contribution in [1.29, 1.82) is 5.26 Å². The van der Waals surface area contributed by atoms with Crippen LogP contribution in [0.1, 0.15) is 21.5 Å². The number of rotatable bonds is 6. The summed E-state index contributed by atoms with van der Waals surface area (Å²) in [6.45, 7) is 6.59. The van der Waals surface area contributed by atoms with E-state index in [9.17, 15) is 10.1 Å². The molecule has 2 aromatic rings. The second-order valence-corrected chi connectivity index (χ2v) is 6.45. The molecule has 3 rings (SSSR count). The summed E-state index contributed by atoms with van der Waals surface area (Å²) in [6.07, 6.45) is 0. The van der Waals surface area contributed by atoms with Gasteiger partial charge in [-0.1, -0.05) is 17.7 Å². The third kappa shape index (κ3) is 5.30. The van der Waals surface area contributed by atoms with Gasteiger partial charge in [0.05, 0.1) is 18.8 Å². The van der Waals surface area contributed by atoms with Gasteiger partial charge in [-0.05, 0) is 37.3 Å². The van der Waals surface area contributed by atoms with E-state index in [4.69, 9.17) is 9.47 Å². The zero-order valence-corrected chi connectivity index (χ0v) is 15.4. The Hall–Kier alpha value is -2.88. The van der Waals surface area contributed by atoms with Gasteiger partial charge in [0, 0.05) is 31.7 Å². The van der Waals surface area contributed by atoms with Crippen LogP contribution in [0.5, 0.6) is 11.5 Å². The van der Waals surface area contributed by atoms with Gasteiger partial charge in [0.15, 0.2) is 0 Å². The number of benzene rings is 2. The summed E-state index contributed by atoms with van der Waals surface area (Å²) in [6, 6.07) is 14.6. The first kappa shape index (κ1) is 18.9. The summed E-state index contributed by atoms with van der Waals surface area (Å²) in [5.41, 5.74) is 1.91. The number of amides is 1. The first-order valence-electron chi connectivity index (χ1n) is 9.02. The predicted octanol–water partition coefficient (Wildman–Crippen LogP) is 2.72. The van der Waals surface area contributed by atoms with Crippen LogP contribution in [0.25, 0.3) is 0 Å². The van der Waals surface area contributed by atoms with Crippen LogP contribution in [0, 0.1) is 18.3 Å². The third-order valence-corrected chi connectivity index (χ3v) is 4.43. The molecule has 1 N–H and O–H groups in total. The molecule has 1 aliphatic heterocycles. The monoisotopic (exact) mass is 365 g/mol. The molecule has 1 aliphatic rings. The van der Waals surface area contributed by atoms with E-state index in [2.05, 4.69) is 16.3 Å². The van der Waals surface area contributed by atoms with E-state index >= 15 is 0 Å². The van der Waals surface area contributed by atoms with E-state index in [1.165, 1.54) is 0 Å². The molecule has 1 saturated heterocycles. The van der Waals surface area contributed by atoms with Gasteiger partial charge >= 0.3 is 0 Å². The quantitative estimate of drug-likeness (QED) is 0.852. The molecular formula is C21H23N3O3. The lowest BCUT2D eigenvalue weighted by atomic mass is 10.1. The lowest BCUT2D eigenvalue weighted by Crippen LogP contribution is -2.41. The van der Waals surface area contributed by atoms with Gasteiger partial charge in [-0.3, -0.25) is 9.69 Å². The smallest absolute Gasteiger partial charge is 0.251 e. The lowest BCUT2D eigenvalue weighted by Gasteiger charge is -2.26. The van der Waals surface area contributed by atoms with Crippen molar-refractivity contribution in [2.24, 2.45) is 0 Å². The van der Waals surface area contributed by atoms with E-state index in [1.807, 2.05) is 31.2 Å². The zero-order valence-electron chi connectivity index (χ0n) is 15.4. The molecule has 0 unspecified atom stereocenters. The standard InChI is InChI=1S/C21H23N3O3/c1-16-2-5-19(6-3-16)27-20-7-4-17(14-18(20)15-22)21(25)23-8-9-24-10-12-26-13-11-24/h2-7,14H,8-13H2,1H3,(H,23,25). The summed E-state index contributed by atoms with van der Waals surface area (Å²) >= 11 is 0. The Balaban J connectivity index is 1.60. The summed E-state index contributed by atoms with van der Waals surface area (Å²) in [5.74, 6) is 0.896. The van der Waals surface area contributed by atoms with Crippen LogP contribution in [0.3, 0.4) is 0 Å². The average Bonchev–Trinajstić information content (AvgIpc) is 2.70. The van der Waals surface area contributed by atoms with Crippen molar-refractivity contribution in [3.8, 4) is 17.6 Å². The maximum Gasteiger partial charge on any atom is 0.251 e. The molecule has 1 fully saturated rings. The summed E-state index contributed by atoms with van der Waals surface area (Å²) in [7, 11) is 0. The Kier molecular flexibility index (Phi) is 6.42. The number of nitriles is 1. The molecule has 0 saturated carbocycles. The first-order valence-corrected chi connectivity index (χ1v) is 9.02. The topological polar surface area (TPSA) is 74.6 Å². The highest BCUT2D eigenvalue weighted by molar-refractivity contribution is 5.94. The number of ether oxygens (including phenoxy) is 2. The normalized spacial score (nSPS) is 14.4. The van der Waals surface area contributed by atoms with Gasteiger partial charge in [0.1, 0.15) is 17.6 Å². The lowest BCUT2D eigenvalue weighted by molar-refractivity contribution is 0.0383. The highest BCUT2D eigenvalue weighted by Crippen LogP contribution is 2.26. The second-order valence-electron chi connectivity index (χ2n) is 6.45. The molecule has 2 aromatic carbocycles. The van der Waals surface area contributed by atoms with Crippen molar-refractivity contribution in [3.63, 3.8) is 0 Å². The van der Waals surface area contributed by atoms with Crippen LogP contribution in [-0.4, -0.2) is 50.2 Å². The van der Waals surface area contributed by atoms with E-state index in [0.29, 0.717) is 29.2 Å². The molecule has 140 valence electrons. The molecule has 0 spiro atoms. The Morgan fingerprint density at radius 2 is 1.96 bits per heavy atom. The summed E-state index contributed by atoms with van der Waals surface area (Å²) < 4.78 is 11.1. The average molecular weight is 365 g/mol. The molecule has 27 heavy (non-hydrogen) atoms. The third-order valence-electron chi connectivity index (χ3n) is 4.43. The fourth-order valence-electron chi connectivity index (χ4n) is 2.84. The maximum atomic E-state index is 12.4. The number of aryl methyl sites for hydroxylation is 1. The summed E-state index contributed by atoms with van der Waals surface area (Å²) in [4.78, 5) is 14.6. The van der Waals surface area contributed by atoms with Crippen LogP contribution < -0.4 is 10.1 Å². The number of carbonyl (C=O) groups is 1. The van der Waals surface area contributed by atoms with Crippen molar-refractivity contribution >= 4 is 5.91 Å². The Morgan fingerprint density at radius 3 is 2.67 bits per heavy atom. The molecule has 0 aliphatic carbocycles. The van der Waals surface area contributed by atoms with E-state index < -0.39 is 0 Å². The van der Waals surface area contributed by atoms with Crippen LogP contribution in [-0.2, 0) is 4.74 Å². The van der Waals surface area contributed by atoms with Crippen LogP contribution in [0.4, 0.5) is 0 Å². The number of hydrogen-bond acceptors (Lipinski definition) is 5. The largest absolute Gasteiger partial charge is 0.456 e. The number of nitrogens with zero attached hydrogens (tertiary/aromatic N) is 2. The fourth-order valence-corrected chi connectivity index (χ4v) is 2.84. The van der Waals surface area contributed by atoms with Crippen LogP contribution in [0.15, 0.2) is 42.5 Å². The highest BCUT2D eigenvalue weighted by atomic mass is 16.5. The number of carbonyl (C=O) groups excluding carboxylic acids is 1. The van der Waals surface area contributed by atoms with E-state index in [1.54, 1.807) is 18.2 Å². The van der Waals surface area contributed by atoms with E-state index in [-0.39, 0.29) is 5.91 Å². The van der Waals surface area contributed by atoms with Gasteiger partial charge < -0.3 is 14.8 Å². The number of morpholine rings is 1. The van der Waals surface area contributed by atoms with Gasteiger partial charge in [-0.2, -0.15) is 5.26 Å². The molecule has 1 amide bonds. The van der Waals surface area contributed by atoms with Gasteiger partial charge in [0.25, 0.3) is 5.91 Å². The zero-order chi connectivity index (χ0) is 19.1. The maximum absolute atomic E-state index is 12.4. The second kappa shape index (κ2) is 9.17. The fraction of sp³-hybridized carbons (Fsp3) is 0.333. The molecule has 0 aromatic heterocycles. The Bertz CT molecular complexity index is 822. The predicted molar refractivity (Wildman–Crippen MR) is 102 cm³/mol. The van der Waals surface area contributed by atoms with Gasteiger partial charge in [0.2, 0.25) is 0 Å². The number of hydrogen-bond donors (Lipinski definition) is 1. The van der Waals surface area contributed by atoms with Crippen molar-refractivity contribution < 1.29 is 14.3 Å². The molecule has 0 radical (unpaired) electrons. The highest BCUT2D eigenvalue weighted by Gasteiger charge is 2.13. The Labute approximate surface area is 159 Å². The van der Waals surface area contributed by atoms with Crippen molar-refractivity contribution in [3.05, 3.63) is 59.2 Å². The van der Waals surface area contributed by atoms with Gasteiger partial charge in [-0.15, -0.1) is 0 Å². The van der Waals surface area contributed by atoms with Crippen molar-refractivity contribution in [2.45, 2.75) is 6.92 Å². The molecule has 6 heteroatoms. The summed E-state index contributed by atoms with van der Waals surface area (Å²) in [5, 5.41) is 12.3. The number of nitrogens with one attached hydrogen (secondary N) is 1. The minimum atomic E-state index is -0.193. The van der Waals surface area contributed by atoms with E-state index in [0.717, 1.165) is 38.4 Å². The first-order chi connectivity index (χ1) is 13.2. The van der Waals surface area contributed by atoms with Gasteiger partial charge in [-0.25, -0.2) is 0 Å². The Morgan fingerprint density at radius 1 is 1.22 bits per heavy atom. The SMILES string of the molecule is Cc1ccc(Oc2ccc(C(=O)NCCN3CCOCC3)cc2C#N)cc1. The minimum absolute atomic E-state index is 0.193. The molecule has 6 nitrogen and oxygen atoms in total. The van der Waals surface area contributed by atoms with Crippen molar-refractivity contribution in [2.75, 3.05) is 39.4 Å². The molecule has 0 atom stereocenters. The van der Waals surface area contributed by atoms with Crippen molar-refractivity contribution in [1.82, 2.24) is 10.2 Å². The molecule has 0 bridgehead atoms. The van der Waals surface area contributed by atoms with Crippen LogP contribution >= 0.6 is 0 Å². The molecular weight excluding hydrogens is 342 g/mol.